The lowest BCUT2D eigenvalue weighted by Crippen LogP contribution is -2.28. The van der Waals surface area contributed by atoms with Gasteiger partial charge in [-0.2, -0.15) is 5.10 Å². The molecule has 0 atom stereocenters. The molecule has 6 nitrogen and oxygen atoms in total. The summed E-state index contributed by atoms with van der Waals surface area (Å²) in [6, 6.07) is 7.67. The van der Waals surface area contributed by atoms with Crippen LogP contribution in [0.15, 0.2) is 42.6 Å². The first-order valence-electron chi connectivity index (χ1n) is 6.12. The molecule has 0 unspecified atom stereocenters. The first-order valence-corrected chi connectivity index (χ1v) is 6.12. The smallest absolute Gasteiger partial charge is 0.330 e. The van der Waals surface area contributed by atoms with Crippen LogP contribution in [0.1, 0.15) is 0 Å². The highest BCUT2D eigenvalue weighted by Gasteiger charge is 2.06. The summed E-state index contributed by atoms with van der Waals surface area (Å²) in [6.07, 6.45) is 4.52. The van der Waals surface area contributed by atoms with Gasteiger partial charge >= 0.3 is 5.97 Å². The molecule has 0 aliphatic heterocycles. The molecular weight excluding hydrogens is 258 g/mol. The Hall–Kier alpha value is -2.63. The van der Waals surface area contributed by atoms with Gasteiger partial charge in [-0.25, -0.2) is 4.79 Å². The van der Waals surface area contributed by atoms with Crippen LogP contribution in [0.3, 0.4) is 0 Å². The van der Waals surface area contributed by atoms with Crippen molar-refractivity contribution in [2.45, 2.75) is 6.54 Å². The predicted octanol–water partition coefficient (Wildman–Crippen LogP) is 0.882. The molecule has 2 aromatic rings. The Balaban J connectivity index is 1.89. The van der Waals surface area contributed by atoms with Crippen LogP contribution in [-0.2, 0) is 20.9 Å². The van der Waals surface area contributed by atoms with Crippen molar-refractivity contribution in [1.82, 2.24) is 15.1 Å². The monoisotopic (exact) mass is 273 g/mol. The zero-order chi connectivity index (χ0) is 14.4. The van der Waals surface area contributed by atoms with Crippen LogP contribution >= 0.6 is 0 Å². The summed E-state index contributed by atoms with van der Waals surface area (Å²) in [5.74, 6) is -0.620. The molecule has 0 saturated carbocycles. The van der Waals surface area contributed by atoms with E-state index in [1.807, 2.05) is 24.3 Å². The number of amides is 1. The normalized spacial score (nSPS) is 10.8. The second-order valence-corrected chi connectivity index (χ2v) is 4.09. The molecule has 1 aromatic heterocycles. The van der Waals surface area contributed by atoms with Gasteiger partial charge in [0.2, 0.25) is 5.91 Å². The van der Waals surface area contributed by atoms with Crippen LogP contribution in [0.2, 0.25) is 0 Å². The van der Waals surface area contributed by atoms with Gasteiger partial charge in [0.15, 0.2) is 0 Å². The minimum atomic E-state index is -0.447. The molecule has 1 aromatic carbocycles. The number of nitrogens with one attached hydrogen (secondary N) is 1. The van der Waals surface area contributed by atoms with Crippen LogP contribution in [-0.4, -0.2) is 35.3 Å². The van der Waals surface area contributed by atoms with Gasteiger partial charge in [0, 0.05) is 18.0 Å². The number of carbonyl (C=O) groups is 2. The first kappa shape index (κ1) is 13.8. The minimum absolute atomic E-state index is 0.138. The summed E-state index contributed by atoms with van der Waals surface area (Å²) in [5.41, 5.74) is 0.910. The number of para-hydroxylation sites is 1. The highest BCUT2D eigenvalue weighted by Crippen LogP contribution is 2.11. The largest absolute Gasteiger partial charge is 0.466 e. The summed E-state index contributed by atoms with van der Waals surface area (Å²) in [7, 11) is 1.30. The first-order chi connectivity index (χ1) is 9.70. The molecule has 2 rings (SSSR count). The van der Waals surface area contributed by atoms with Gasteiger partial charge in [0.25, 0.3) is 0 Å². The van der Waals surface area contributed by atoms with E-state index in [0.29, 0.717) is 0 Å². The van der Waals surface area contributed by atoms with Gasteiger partial charge in [-0.15, -0.1) is 0 Å². The highest BCUT2D eigenvalue weighted by molar-refractivity contribution is 5.83. The van der Waals surface area contributed by atoms with Crippen molar-refractivity contribution >= 4 is 22.8 Å². The fraction of sp³-hybridized carbons (Fsp3) is 0.214. The number of rotatable bonds is 5. The van der Waals surface area contributed by atoms with Crippen molar-refractivity contribution in [2.24, 2.45) is 0 Å². The zero-order valence-electron chi connectivity index (χ0n) is 11.1. The average Bonchev–Trinajstić information content (AvgIpc) is 2.86. The van der Waals surface area contributed by atoms with Crippen LogP contribution in [0.5, 0.6) is 0 Å². The number of benzene rings is 1. The maximum atomic E-state index is 11.7. The number of hydrogen-bond donors (Lipinski definition) is 1. The Morgan fingerprint density at radius 2 is 2.20 bits per heavy atom. The average molecular weight is 273 g/mol. The maximum Gasteiger partial charge on any atom is 0.330 e. The van der Waals surface area contributed by atoms with Crippen molar-refractivity contribution in [3.8, 4) is 0 Å². The van der Waals surface area contributed by atoms with Crippen molar-refractivity contribution in [2.75, 3.05) is 13.7 Å². The van der Waals surface area contributed by atoms with Crippen LogP contribution in [0.4, 0.5) is 0 Å². The van der Waals surface area contributed by atoms with Crippen molar-refractivity contribution in [1.29, 1.82) is 0 Å². The lowest BCUT2D eigenvalue weighted by atomic mass is 10.2. The number of aromatic nitrogens is 2. The van der Waals surface area contributed by atoms with Gasteiger partial charge in [0.05, 0.1) is 18.8 Å². The molecule has 20 heavy (non-hydrogen) atoms. The molecule has 0 aliphatic carbocycles. The number of ether oxygens (including phenoxy) is 1. The molecule has 1 heterocycles. The SMILES string of the molecule is COC(=O)/C=C/CNC(=O)Cn1ncc2ccccc21. The fourth-order valence-electron chi connectivity index (χ4n) is 1.74. The maximum absolute atomic E-state index is 11.7. The summed E-state index contributed by atoms with van der Waals surface area (Å²) in [4.78, 5) is 22.6. The second-order valence-electron chi connectivity index (χ2n) is 4.09. The van der Waals surface area contributed by atoms with E-state index in [0.717, 1.165) is 10.9 Å². The quantitative estimate of drug-likeness (QED) is 0.648. The van der Waals surface area contributed by atoms with Crippen molar-refractivity contribution < 1.29 is 14.3 Å². The molecule has 0 aliphatic rings. The van der Waals surface area contributed by atoms with E-state index in [4.69, 9.17) is 0 Å². The van der Waals surface area contributed by atoms with E-state index in [1.54, 1.807) is 10.9 Å². The highest BCUT2D eigenvalue weighted by atomic mass is 16.5. The number of esters is 1. The third-order valence-electron chi connectivity index (χ3n) is 2.72. The van der Waals surface area contributed by atoms with Gasteiger partial charge in [-0.1, -0.05) is 24.3 Å². The van der Waals surface area contributed by atoms with Crippen LogP contribution in [0, 0.1) is 0 Å². The predicted molar refractivity (Wildman–Crippen MR) is 73.9 cm³/mol. The Morgan fingerprint density at radius 1 is 1.40 bits per heavy atom. The lowest BCUT2D eigenvalue weighted by Gasteiger charge is -2.04. The number of carbonyl (C=O) groups excluding carboxylic acids is 2. The van der Waals surface area contributed by atoms with E-state index in [9.17, 15) is 9.59 Å². The van der Waals surface area contributed by atoms with Crippen molar-refractivity contribution in [3.05, 3.63) is 42.6 Å². The van der Waals surface area contributed by atoms with E-state index in [1.165, 1.54) is 19.3 Å². The molecule has 104 valence electrons. The third-order valence-corrected chi connectivity index (χ3v) is 2.72. The van der Waals surface area contributed by atoms with E-state index < -0.39 is 5.97 Å². The number of hydrogen-bond acceptors (Lipinski definition) is 4. The van der Waals surface area contributed by atoms with Crippen LogP contribution in [0.25, 0.3) is 10.9 Å². The number of methoxy groups -OCH3 is 1. The second kappa shape index (κ2) is 6.51. The minimum Gasteiger partial charge on any atom is -0.466 e. The number of nitrogens with zero attached hydrogens (tertiary/aromatic N) is 2. The molecule has 0 fully saturated rings. The molecule has 1 N–H and O–H groups in total. The van der Waals surface area contributed by atoms with E-state index >= 15 is 0 Å². The van der Waals surface area contributed by atoms with Gasteiger partial charge < -0.3 is 10.1 Å². The Bertz CT molecular complexity index is 646. The molecule has 0 bridgehead atoms. The van der Waals surface area contributed by atoms with Crippen molar-refractivity contribution in [3.63, 3.8) is 0 Å². The number of fused-ring (bicyclic) bond motifs is 1. The Kier molecular flexibility index (Phi) is 4.49. The molecule has 1 amide bonds. The van der Waals surface area contributed by atoms with Crippen LogP contribution < -0.4 is 5.32 Å². The summed E-state index contributed by atoms with van der Waals surface area (Å²) < 4.78 is 6.07. The standard InChI is InChI=1S/C14H15N3O3/c1-20-14(19)7-4-8-15-13(18)10-17-12-6-3-2-5-11(12)9-16-17/h2-7,9H,8,10H2,1H3,(H,15,18)/b7-4+. The van der Waals surface area contributed by atoms with E-state index in [-0.39, 0.29) is 19.0 Å². The molecule has 6 heteroatoms. The van der Waals surface area contributed by atoms with Gasteiger partial charge in [0.1, 0.15) is 6.54 Å². The van der Waals surface area contributed by atoms with Gasteiger partial charge in [-0.3, -0.25) is 9.48 Å². The lowest BCUT2D eigenvalue weighted by molar-refractivity contribution is -0.134. The molecule has 0 saturated heterocycles. The third kappa shape index (κ3) is 3.44. The van der Waals surface area contributed by atoms with E-state index in [2.05, 4.69) is 15.2 Å². The summed E-state index contributed by atoms with van der Waals surface area (Å²) in [5, 5.41) is 7.83. The Labute approximate surface area is 116 Å². The molecule has 0 spiro atoms. The molecule has 0 radical (unpaired) electrons. The summed E-state index contributed by atoms with van der Waals surface area (Å²) in [6.45, 7) is 0.409. The summed E-state index contributed by atoms with van der Waals surface area (Å²) >= 11 is 0. The molecular formula is C14H15N3O3. The van der Waals surface area contributed by atoms with Gasteiger partial charge in [-0.05, 0) is 6.07 Å². The zero-order valence-corrected chi connectivity index (χ0v) is 11.1. The Morgan fingerprint density at radius 3 is 3.00 bits per heavy atom. The topological polar surface area (TPSA) is 73.2 Å². The fourth-order valence-corrected chi connectivity index (χ4v) is 1.74.